The summed E-state index contributed by atoms with van der Waals surface area (Å²) in [5.74, 6) is 0.693. The zero-order valence-corrected chi connectivity index (χ0v) is 18.9. The van der Waals surface area contributed by atoms with Gasteiger partial charge < -0.3 is 26.0 Å². The first-order valence-corrected chi connectivity index (χ1v) is 11.5. The van der Waals surface area contributed by atoms with Gasteiger partial charge >= 0.3 is 5.69 Å². The standard InChI is InChI=1S/C25H28N6O3/c26-25(12-3-13-25)18-6-8-19(9-7-18)27-24-22(31(32)33)10-11-23(29-24)28-20-4-1-2-5-21(20)30-14-16-34-17-15-30/h1-2,4-11H,3,12-17,26H2,(H2,27,28,29). The Bertz CT molecular complexity index is 1170. The molecule has 3 aromatic rings. The van der Waals surface area contributed by atoms with Gasteiger partial charge in [0, 0.05) is 30.4 Å². The predicted molar refractivity (Wildman–Crippen MR) is 133 cm³/mol. The van der Waals surface area contributed by atoms with E-state index in [0.717, 1.165) is 49.3 Å². The monoisotopic (exact) mass is 460 g/mol. The van der Waals surface area contributed by atoms with Crippen LogP contribution in [0.25, 0.3) is 0 Å². The third-order valence-electron chi connectivity index (χ3n) is 6.56. The van der Waals surface area contributed by atoms with Gasteiger partial charge in [0.1, 0.15) is 5.82 Å². The molecule has 1 aliphatic carbocycles. The van der Waals surface area contributed by atoms with Crippen LogP contribution in [0.3, 0.4) is 0 Å². The molecule has 2 fully saturated rings. The topological polar surface area (TPSA) is 119 Å². The van der Waals surface area contributed by atoms with E-state index in [2.05, 4.69) is 20.5 Å². The van der Waals surface area contributed by atoms with Crippen molar-refractivity contribution in [2.24, 2.45) is 5.73 Å². The van der Waals surface area contributed by atoms with E-state index in [0.29, 0.717) is 24.7 Å². The summed E-state index contributed by atoms with van der Waals surface area (Å²) < 4.78 is 5.47. The van der Waals surface area contributed by atoms with E-state index in [4.69, 9.17) is 10.5 Å². The molecule has 0 amide bonds. The minimum atomic E-state index is -0.432. The third kappa shape index (κ3) is 4.52. The number of benzene rings is 2. The number of nitrogens with zero attached hydrogens (tertiary/aromatic N) is 3. The Balaban J connectivity index is 1.39. The Morgan fingerprint density at radius 1 is 1.00 bits per heavy atom. The fraction of sp³-hybridized carbons (Fsp3) is 0.320. The van der Waals surface area contributed by atoms with Crippen molar-refractivity contribution < 1.29 is 9.66 Å². The van der Waals surface area contributed by atoms with Crippen LogP contribution in [0.2, 0.25) is 0 Å². The largest absolute Gasteiger partial charge is 0.378 e. The molecule has 0 spiro atoms. The first kappa shape index (κ1) is 22.1. The lowest BCUT2D eigenvalue weighted by molar-refractivity contribution is -0.384. The molecule has 2 aliphatic rings. The van der Waals surface area contributed by atoms with E-state index >= 15 is 0 Å². The molecule has 2 heterocycles. The Morgan fingerprint density at radius 2 is 1.74 bits per heavy atom. The van der Waals surface area contributed by atoms with Crippen LogP contribution >= 0.6 is 0 Å². The normalized spacial score (nSPS) is 17.0. The fourth-order valence-corrected chi connectivity index (χ4v) is 4.43. The van der Waals surface area contributed by atoms with Gasteiger partial charge in [-0.3, -0.25) is 10.1 Å². The second-order valence-corrected chi connectivity index (χ2v) is 8.77. The molecule has 1 aromatic heterocycles. The molecule has 0 radical (unpaired) electrons. The summed E-state index contributed by atoms with van der Waals surface area (Å²) >= 11 is 0. The van der Waals surface area contributed by atoms with Crippen molar-refractivity contribution in [3.63, 3.8) is 0 Å². The molecule has 1 saturated carbocycles. The van der Waals surface area contributed by atoms with Crippen molar-refractivity contribution >= 4 is 34.4 Å². The number of ether oxygens (including phenoxy) is 1. The van der Waals surface area contributed by atoms with Gasteiger partial charge in [0.15, 0.2) is 0 Å². The fourth-order valence-electron chi connectivity index (χ4n) is 4.43. The van der Waals surface area contributed by atoms with E-state index < -0.39 is 4.92 Å². The molecule has 9 nitrogen and oxygen atoms in total. The van der Waals surface area contributed by atoms with E-state index in [9.17, 15) is 10.1 Å². The second-order valence-electron chi connectivity index (χ2n) is 8.77. The minimum absolute atomic E-state index is 0.0922. The zero-order valence-electron chi connectivity index (χ0n) is 18.9. The highest BCUT2D eigenvalue weighted by Gasteiger charge is 2.34. The van der Waals surface area contributed by atoms with Crippen molar-refractivity contribution in [2.45, 2.75) is 24.8 Å². The van der Waals surface area contributed by atoms with Crippen LogP contribution in [-0.2, 0) is 10.3 Å². The van der Waals surface area contributed by atoms with E-state index in [1.165, 1.54) is 6.07 Å². The number of hydrogen-bond donors (Lipinski definition) is 3. The maximum absolute atomic E-state index is 11.6. The van der Waals surface area contributed by atoms with Crippen molar-refractivity contribution in [1.82, 2.24) is 4.98 Å². The smallest absolute Gasteiger partial charge is 0.311 e. The second kappa shape index (κ2) is 9.28. The number of nitro groups is 1. The van der Waals surface area contributed by atoms with Crippen LogP contribution in [0.1, 0.15) is 24.8 Å². The van der Waals surface area contributed by atoms with Gasteiger partial charge in [0.25, 0.3) is 0 Å². The lowest BCUT2D eigenvalue weighted by Crippen LogP contribution is -2.43. The van der Waals surface area contributed by atoms with Crippen LogP contribution in [-0.4, -0.2) is 36.2 Å². The molecule has 0 bridgehead atoms. The summed E-state index contributed by atoms with van der Waals surface area (Å²) in [6, 6.07) is 18.8. The SMILES string of the molecule is NC1(c2ccc(Nc3nc(Nc4ccccc4N4CCOCC4)ccc3[N+](=O)[O-])cc2)CCC1. The maximum Gasteiger partial charge on any atom is 0.311 e. The Hall–Kier alpha value is -3.69. The lowest BCUT2D eigenvalue weighted by atomic mass is 9.73. The number of rotatable bonds is 7. The first-order chi connectivity index (χ1) is 16.5. The zero-order chi connectivity index (χ0) is 23.5. The van der Waals surface area contributed by atoms with Gasteiger partial charge in [-0.25, -0.2) is 4.98 Å². The molecule has 2 aromatic carbocycles. The van der Waals surface area contributed by atoms with Gasteiger partial charge in [0.05, 0.1) is 29.5 Å². The number of hydrogen-bond acceptors (Lipinski definition) is 8. The highest BCUT2D eigenvalue weighted by atomic mass is 16.6. The van der Waals surface area contributed by atoms with Crippen molar-refractivity contribution in [1.29, 1.82) is 0 Å². The molecule has 34 heavy (non-hydrogen) atoms. The summed E-state index contributed by atoms with van der Waals surface area (Å²) in [4.78, 5) is 18.0. The van der Waals surface area contributed by atoms with Crippen molar-refractivity contribution in [2.75, 3.05) is 41.8 Å². The number of morpholine rings is 1. The van der Waals surface area contributed by atoms with Crippen LogP contribution in [0, 0.1) is 10.1 Å². The number of anilines is 5. The molecule has 1 aliphatic heterocycles. The lowest BCUT2D eigenvalue weighted by Gasteiger charge is -2.38. The molecule has 4 N–H and O–H groups in total. The van der Waals surface area contributed by atoms with Crippen molar-refractivity contribution in [3.05, 3.63) is 76.3 Å². The average molecular weight is 461 g/mol. The maximum atomic E-state index is 11.6. The quantitative estimate of drug-likeness (QED) is 0.344. The number of pyridine rings is 1. The molecular weight excluding hydrogens is 432 g/mol. The number of aromatic nitrogens is 1. The molecule has 0 unspecified atom stereocenters. The summed E-state index contributed by atoms with van der Waals surface area (Å²) in [6.45, 7) is 2.98. The van der Waals surface area contributed by atoms with E-state index in [1.807, 2.05) is 48.5 Å². The highest BCUT2D eigenvalue weighted by molar-refractivity contribution is 5.76. The summed E-state index contributed by atoms with van der Waals surface area (Å²) in [5, 5.41) is 18.1. The molecule has 0 atom stereocenters. The Morgan fingerprint density at radius 3 is 2.41 bits per heavy atom. The molecule has 176 valence electrons. The van der Waals surface area contributed by atoms with Crippen molar-refractivity contribution in [3.8, 4) is 0 Å². The van der Waals surface area contributed by atoms with Crippen LogP contribution < -0.4 is 21.3 Å². The first-order valence-electron chi connectivity index (χ1n) is 11.5. The van der Waals surface area contributed by atoms with Gasteiger partial charge in [-0.1, -0.05) is 24.3 Å². The summed E-state index contributed by atoms with van der Waals surface area (Å²) in [5.41, 5.74) is 9.80. The minimum Gasteiger partial charge on any atom is -0.378 e. The van der Waals surface area contributed by atoms with Gasteiger partial charge in [-0.15, -0.1) is 0 Å². The van der Waals surface area contributed by atoms with Gasteiger partial charge in [0.2, 0.25) is 5.82 Å². The average Bonchev–Trinajstić information content (AvgIpc) is 2.84. The van der Waals surface area contributed by atoms with Crippen LogP contribution in [0.15, 0.2) is 60.7 Å². The molecule has 1 saturated heterocycles. The van der Waals surface area contributed by atoms with Crippen LogP contribution in [0.5, 0.6) is 0 Å². The third-order valence-corrected chi connectivity index (χ3v) is 6.56. The number of para-hydroxylation sites is 2. The summed E-state index contributed by atoms with van der Waals surface area (Å²) in [6.07, 6.45) is 3.10. The molecular formula is C25H28N6O3. The van der Waals surface area contributed by atoms with E-state index in [1.54, 1.807) is 6.07 Å². The summed E-state index contributed by atoms with van der Waals surface area (Å²) in [7, 11) is 0. The molecule has 5 rings (SSSR count). The number of nitrogens with one attached hydrogen (secondary N) is 2. The van der Waals surface area contributed by atoms with Gasteiger partial charge in [-0.2, -0.15) is 0 Å². The highest BCUT2D eigenvalue weighted by Crippen LogP contribution is 2.39. The number of nitrogens with two attached hydrogens (primary N) is 1. The predicted octanol–water partition coefficient (Wildman–Crippen LogP) is 4.65. The van der Waals surface area contributed by atoms with Gasteiger partial charge in [-0.05, 0) is 55.2 Å². The van der Waals surface area contributed by atoms with Crippen LogP contribution in [0.4, 0.5) is 34.4 Å². The Labute approximate surface area is 198 Å². The Kier molecular flexibility index (Phi) is 6.04. The molecule has 9 heteroatoms. The van der Waals surface area contributed by atoms with E-state index in [-0.39, 0.29) is 17.0 Å².